The fraction of sp³-hybridized carbons (Fsp3) is 0.500. The van der Waals surface area contributed by atoms with Gasteiger partial charge in [0.25, 0.3) is 0 Å². The third-order valence-corrected chi connectivity index (χ3v) is 4.84. The normalized spacial score (nSPS) is 14.0. The summed E-state index contributed by atoms with van der Waals surface area (Å²) < 4.78 is 61.6. The van der Waals surface area contributed by atoms with Crippen LogP contribution in [0.4, 0.5) is 18.9 Å². The predicted octanol–water partition coefficient (Wildman–Crippen LogP) is 2.54. The van der Waals surface area contributed by atoms with Crippen molar-refractivity contribution in [3.05, 3.63) is 23.8 Å². The minimum Gasteiger partial charge on any atom is -0.371 e. The molecule has 0 saturated heterocycles. The van der Waals surface area contributed by atoms with Crippen molar-refractivity contribution in [1.82, 2.24) is 0 Å². The molecular formula is C12H17F3N2O2S2. The standard InChI is InChI=1S/C12H17F3N2O2S2/c1-8(7-20-3)17(2)9-4-5-11(21(16,18)19)10(6-9)12(13,14)15/h4-6,8H,7H2,1-3H3,(H2,16,18,19)/t8-/m0/s1. The van der Waals surface area contributed by atoms with Gasteiger partial charge in [0.1, 0.15) is 0 Å². The van der Waals surface area contributed by atoms with Crippen LogP contribution in [0.3, 0.4) is 0 Å². The fourth-order valence-corrected chi connectivity index (χ4v) is 3.26. The molecule has 0 amide bonds. The van der Waals surface area contributed by atoms with Gasteiger partial charge in [-0.15, -0.1) is 0 Å². The van der Waals surface area contributed by atoms with E-state index in [1.165, 1.54) is 6.07 Å². The SMILES string of the molecule is CSC[C@H](C)N(C)c1ccc(S(N)(=O)=O)c(C(F)(F)F)c1. The number of alkyl halides is 3. The number of nitrogens with zero attached hydrogens (tertiary/aromatic N) is 1. The van der Waals surface area contributed by atoms with E-state index in [-0.39, 0.29) is 11.7 Å². The first-order valence-electron chi connectivity index (χ1n) is 5.94. The Morgan fingerprint density at radius 1 is 1.38 bits per heavy atom. The van der Waals surface area contributed by atoms with Crippen LogP contribution >= 0.6 is 11.8 Å². The number of primary sulfonamides is 1. The number of rotatable bonds is 5. The van der Waals surface area contributed by atoms with Crippen molar-refractivity contribution in [1.29, 1.82) is 0 Å². The molecule has 0 radical (unpaired) electrons. The molecule has 0 aliphatic rings. The third-order valence-electron chi connectivity index (χ3n) is 3.05. The topological polar surface area (TPSA) is 63.4 Å². The van der Waals surface area contributed by atoms with Gasteiger partial charge in [-0.2, -0.15) is 24.9 Å². The van der Waals surface area contributed by atoms with Gasteiger partial charge in [-0.25, -0.2) is 13.6 Å². The lowest BCUT2D eigenvalue weighted by molar-refractivity contribution is -0.139. The van der Waals surface area contributed by atoms with Crippen LogP contribution in [-0.4, -0.2) is 33.5 Å². The minimum absolute atomic E-state index is 0.00131. The highest BCUT2D eigenvalue weighted by Gasteiger charge is 2.37. The van der Waals surface area contributed by atoms with Crippen molar-refractivity contribution >= 4 is 27.5 Å². The van der Waals surface area contributed by atoms with Gasteiger partial charge in [-0.3, -0.25) is 0 Å². The summed E-state index contributed by atoms with van der Waals surface area (Å²) in [5.41, 5.74) is -0.957. The molecule has 1 aromatic carbocycles. The number of halogens is 3. The van der Waals surface area contributed by atoms with Gasteiger partial charge >= 0.3 is 6.18 Å². The lowest BCUT2D eigenvalue weighted by atomic mass is 10.1. The summed E-state index contributed by atoms with van der Waals surface area (Å²) in [5, 5.41) is 4.84. The first kappa shape index (κ1) is 18.1. The summed E-state index contributed by atoms with van der Waals surface area (Å²) in [6, 6.07) is 3.04. The molecule has 0 aliphatic heterocycles. The second-order valence-corrected chi connectivity index (χ2v) is 7.08. The summed E-state index contributed by atoms with van der Waals surface area (Å²) in [6.45, 7) is 1.87. The second kappa shape index (κ2) is 6.45. The zero-order valence-electron chi connectivity index (χ0n) is 11.8. The Hall–Kier alpha value is -0.930. The van der Waals surface area contributed by atoms with Gasteiger partial charge in [0.15, 0.2) is 0 Å². The molecule has 4 nitrogen and oxygen atoms in total. The number of hydrogen-bond donors (Lipinski definition) is 1. The van der Waals surface area contributed by atoms with E-state index in [1.54, 1.807) is 23.7 Å². The molecular weight excluding hydrogens is 325 g/mol. The van der Waals surface area contributed by atoms with Crippen LogP contribution < -0.4 is 10.0 Å². The minimum atomic E-state index is -4.79. The van der Waals surface area contributed by atoms with Gasteiger partial charge in [0, 0.05) is 24.5 Å². The highest BCUT2D eigenvalue weighted by molar-refractivity contribution is 7.98. The Labute approximate surface area is 126 Å². The van der Waals surface area contributed by atoms with Crippen LogP contribution in [0.25, 0.3) is 0 Å². The molecule has 1 atom stereocenters. The Bertz CT molecular complexity index is 603. The molecule has 0 spiro atoms. The lowest BCUT2D eigenvalue weighted by Gasteiger charge is -2.27. The van der Waals surface area contributed by atoms with Crippen molar-refractivity contribution in [2.24, 2.45) is 5.14 Å². The highest BCUT2D eigenvalue weighted by atomic mass is 32.2. The van der Waals surface area contributed by atoms with E-state index in [9.17, 15) is 21.6 Å². The molecule has 2 N–H and O–H groups in total. The van der Waals surface area contributed by atoms with Crippen LogP contribution in [0, 0.1) is 0 Å². The highest BCUT2D eigenvalue weighted by Crippen LogP contribution is 2.36. The maximum absolute atomic E-state index is 13.0. The maximum Gasteiger partial charge on any atom is 0.417 e. The van der Waals surface area contributed by atoms with Crippen molar-refractivity contribution in [2.45, 2.75) is 24.0 Å². The van der Waals surface area contributed by atoms with E-state index in [4.69, 9.17) is 5.14 Å². The van der Waals surface area contributed by atoms with E-state index < -0.39 is 26.7 Å². The van der Waals surface area contributed by atoms with Gasteiger partial charge in [0.2, 0.25) is 10.0 Å². The smallest absolute Gasteiger partial charge is 0.371 e. The first-order chi connectivity index (χ1) is 9.48. The lowest BCUT2D eigenvalue weighted by Crippen LogP contribution is -2.31. The quantitative estimate of drug-likeness (QED) is 0.893. The molecule has 1 aromatic rings. The number of thioether (sulfide) groups is 1. The number of nitrogens with two attached hydrogens (primary N) is 1. The monoisotopic (exact) mass is 342 g/mol. The number of benzene rings is 1. The Morgan fingerprint density at radius 2 is 1.95 bits per heavy atom. The van der Waals surface area contributed by atoms with E-state index in [0.717, 1.165) is 17.9 Å². The zero-order valence-corrected chi connectivity index (χ0v) is 13.4. The first-order valence-corrected chi connectivity index (χ1v) is 8.88. The van der Waals surface area contributed by atoms with E-state index in [0.29, 0.717) is 0 Å². The zero-order chi connectivity index (χ0) is 16.4. The largest absolute Gasteiger partial charge is 0.417 e. The molecule has 0 fully saturated rings. The van der Waals surface area contributed by atoms with E-state index in [2.05, 4.69) is 0 Å². The average Bonchev–Trinajstić information content (AvgIpc) is 2.35. The van der Waals surface area contributed by atoms with Crippen LogP contribution in [-0.2, 0) is 16.2 Å². The number of sulfonamides is 1. The summed E-state index contributed by atoms with van der Waals surface area (Å²) >= 11 is 1.57. The number of anilines is 1. The number of hydrogen-bond acceptors (Lipinski definition) is 4. The summed E-state index contributed by atoms with van der Waals surface area (Å²) in [4.78, 5) is 0.753. The van der Waals surface area contributed by atoms with Gasteiger partial charge in [-0.1, -0.05) is 0 Å². The van der Waals surface area contributed by atoms with Crippen molar-refractivity contribution in [2.75, 3.05) is 24.0 Å². The van der Waals surface area contributed by atoms with Crippen molar-refractivity contribution < 1.29 is 21.6 Å². The Morgan fingerprint density at radius 3 is 2.38 bits per heavy atom. The van der Waals surface area contributed by atoms with Gasteiger partial charge < -0.3 is 4.90 Å². The molecule has 0 saturated carbocycles. The van der Waals surface area contributed by atoms with E-state index >= 15 is 0 Å². The summed E-state index contributed by atoms with van der Waals surface area (Å²) in [6.07, 6.45) is -2.89. The maximum atomic E-state index is 13.0. The predicted molar refractivity (Wildman–Crippen MR) is 79.1 cm³/mol. The summed E-state index contributed by atoms with van der Waals surface area (Å²) in [5.74, 6) is 0.731. The van der Waals surface area contributed by atoms with E-state index in [1.807, 2.05) is 13.2 Å². The molecule has 0 unspecified atom stereocenters. The molecule has 21 heavy (non-hydrogen) atoms. The second-order valence-electron chi connectivity index (χ2n) is 4.64. The van der Waals surface area contributed by atoms with Crippen molar-refractivity contribution in [3.8, 4) is 0 Å². The van der Waals surface area contributed by atoms with Crippen molar-refractivity contribution in [3.63, 3.8) is 0 Å². The van der Waals surface area contributed by atoms with Crippen LogP contribution in [0.5, 0.6) is 0 Å². The Balaban J connectivity index is 3.36. The van der Waals surface area contributed by atoms with Crippen LogP contribution in [0.1, 0.15) is 12.5 Å². The van der Waals surface area contributed by atoms with Gasteiger partial charge in [0.05, 0.1) is 10.5 Å². The molecule has 0 aliphatic carbocycles. The summed E-state index contributed by atoms with van der Waals surface area (Å²) in [7, 11) is -2.77. The van der Waals surface area contributed by atoms with Gasteiger partial charge in [-0.05, 0) is 31.4 Å². The molecule has 0 bridgehead atoms. The van der Waals surface area contributed by atoms with Crippen LogP contribution in [0.15, 0.2) is 23.1 Å². The molecule has 1 rings (SSSR count). The van der Waals surface area contributed by atoms with Crippen LogP contribution in [0.2, 0.25) is 0 Å². The molecule has 0 heterocycles. The molecule has 9 heteroatoms. The fourth-order valence-electron chi connectivity index (χ4n) is 1.81. The average molecular weight is 342 g/mol. The molecule has 0 aromatic heterocycles. The Kier molecular flexibility index (Phi) is 5.57. The molecule has 120 valence electrons. The third kappa shape index (κ3) is 4.52.